The summed E-state index contributed by atoms with van der Waals surface area (Å²) in [4.78, 5) is 26.6. The van der Waals surface area contributed by atoms with Crippen molar-refractivity contribution < 1.29 is 18.0 Å². The number of rotatable bonds is 6. The Morgan fingerprint density at radius 1 is 1.11 bits per heavy atom. The molecular weight excluding hydrogens is 487 g/mol. The molecule has 1 aromatic carbocycles. The first-order valence-electron chi connectivity index (χ1n) is 11.0. The van der Waals surface area contributed by atoms with E-state index in [0.29, 0.717) is 23.4 Å². The molecule has 0 spiro atoms. The zero-order valence-electron chi connectivity index (χ0n) is 19.9. The highest BCUT2D eigenvalue weighted by molar-refractivity contribution is 7.98. The van der Waals surface area contributed by atoms with Crippen molar-refractivity contribution >= 4 is 34.4 Å². The van der Waals surface area contributed by atoms with Gasteiger partial charge in [-0.15, -0.1) is 11.8 Å². The predicted octanol–water partition coefficient (Wildman–Crippen LogP) is 5.49. The van der Waals surface area contributed by atoms with Crippen molar-refractivity contribution in [3.05, 3.63) is 88.0 Å². The highest BCUT2D eigenvalue weighted by atomic mass is 32.2. The number of thioether (sulfide) groups is 1. The molecule has 0 aliphatic carbocycles. The number of benzene rings is 1. The molecule has 0 aliphatic rings. The van der Waals surface area contributed by atoms with Gasteiger partial charge in [0.1, 0.15) is 5.82 Å². The van der Waals surface area contributed by atoms with Gasteiger partial charge in [-0.05, 0) is 73.2 Å². The molecule has 4 aromatic rings. The van der Waals surface area contributed by atoms with Crippen molar-refractivity contribution in [1.82, 2.24) is 20.3 Å². The van der Waals surface area contributed by atoms with Crippen LogP contribution in [-0.4, -0.2) is 27.1 Å². The molecule has 0 radical (unpaired) electrons. The van der Waals surface area contributed by atoms with E-state index in [1.807, 2.05) is 19.4 Å². The van der Waals surface area contributed by atoms with Gasteiger partial charge in [0, 0.05) is 52.6 Å². The van der Waals surface area contributed by atoms with Crippen LogP contribution in [0, 0.1) is 13.8 Å². The van der Waals surface area contributed by atoms with Gasteiger partial charge in [0.15, 0.2) is 0 Å². The fourth-order valence-electron chi connectivity index (χ4n) is 3.92. The average Bonchev–Trinajstić information content (AvgIpc) is 2.82. The van der Waals surface area contributed by atoms with Crippen LogP contribution >= 0.6 is 11.8 Å². The van der Waals surface area contributed by atoms with Crippen LogP contribution in [0.4, 0.5) is 19.0 Å². The van der Waals surface area contributed by atoms with E-state index < -0.39 is 23.5 Å². The fraction of sp³-hybridized carbons (Fsp3) is 0.231. The largest absolute Gasteiger partial charge is 0.419 e. The van der Waals surface area contributed by atoms with Crippen LogP contribution in [0.3, 0.4) is 0 Å². The first kappa shape index (κ1) is 25.4. The Kier molecular flexibility index (Phi) is 7.16. The van der Waals surface area contributed by atoms with E-state index in [4.69, 9.17) is 5.73 Å². The van der Waals surface area contributed by atoms with E-state index in [1.165, 1.54) is 0 Å². The number of aryl methyl sites for hydroxylation is 2. The number of nitrogens with two attached hydrogens (primary N) is 1. The molecule has 0 saturated carbocycles. The summed E-state index contributed by atoms with van der Waals surface area (Å²) in [5, 5.41) is 3.71. The number of hydrogen-bond acceptors (Lipinski definition) is 6. The number of nitrogens with one attached hydrogen (secondary N) is 1. The van der Waals surface area contributed by atoms with Crippen molar-refractivity contribution in [2.75, 3.05) is 12.0 Å². The maximum absolute atomic E-state index is 13.2. The average molecular weight is 512 g/mol. The second-order valence-corrected chi connectivity index (χ2v) is 9.29. The number of amides is 1. The van der Waals surface area contributed by atoms with E-state index in [2.05, 4.69) is 38.5 Å². The molecule has 10 heteroatoms. The Hall–Kier alpha value is -3.66. The van der Waals surface area contributed by atoms with Crippen LogP contribution in [0.2, 0.25) is 0 Å². The molecule has 0 saturated heterocycles. The van der Waals surface area contributed by atoms with Gasteiger partial charge in [0.05, 0.1) is 11.1 Å². The summed E-state index contributed by atoms with van der Waals surface area (Å²) in [6.07, 6.45) is 1.27. The van der Waals surface area contributed by atoms with E-state index in [0.717, 1.165) is 33.0 Å². The maximum atomic E-state index is 13.2. The number of nitrogens with zero attached hydrogens (tertiary/aromatic N) is 3. The van der Waals surface area contributed by atoms with Gasteiger partial charge >= 0.3 is 6.18 Å². The molecule has 0 atom stereocenters. The lowest BCUT2D eigenvalue weighted by atomic mass is 10.0. The van der Waals surface area contributed by atoms with Crippen molar-refractivity contribution in [1.29, 1.82) is 0 Å². The van der Waals surface area contributed by atoms with Crippen LogP contribution in [0.5, 0.6) is 0 Å². The number of anilines is 1. The molecule has 0 unspecified atom stereocenters. The van der Waals surface area contributed by atoms with Gasteiger partial charge in [0.2, 0.25) is 0 Å². The number of fused-ring (bicyclic) bond motifs is 1. The normalized spacial score (nSPS) is 11.6. The number of alkyl halides is 3. The van der Waals surface area contributed by atoms with E-state index >= 15 is 0 Å². The highest BCUT2D eigenvalue weighted by Gasteiger charge is 2.34. The van der Waals surface area contributed by atoms with E-state index in [9.17, 15) is 18.0 Å². The second kappa shape index (κ2) is 10.1. The summed E-state index contributed by atoms with van der Waals surface area (Å²) >= 11 is 1.62. The molecule has 36 heavy (non-hydrogen) atoms. The molecule has 3 N–H and O–H groups in total. The molecule has 0 aliphatic heterocycles. The number of nitrogen functional groups attached to an aromatic ring is 1. The lowest BCUT2D eigenvalue weighted by Crippen LogP contribution is -2.24. The van der Waals surface area contributed by atoms with E-state index in [1.54, 1.807) is 37.0 Å². The second-order valence-electron chi connectivity index (χ2n) is 8.44. The van der Waals surface area contributed by atoms with Crippen LogP contribution in [0.15, 0.2) is 53.7 Å². The Morgan fingerprint density at radius 3 is 2.61 bits per heavy atom. The predicted molar refractivity (Wildman–Crippen MR) is 135 cm³/mol. The summed E-state index contributed by atoms with van der Waals surface area (Å²) in [5.74, 6) is -1.01. The van der Waals surface area contributed by atoms with E-state index in [-0.39, 0.29) is 12.1 Å². The zero-order valence-corrected chi connectivity index (χ0v) is 20.7. The monoisotopic (exact) mass is 511 g/mol. The maximum Gasteiger partial charge on any atom is 0.419 e. The minimum absolute atomic E-state index is 0.118. The molecule has 3 aromatic heterocycles. The summed E-state index contributed by atoms with van der Waals surface area (Å²) < 4.78 is 39.5. The first-order chi connectivity index (χ1) is 17.0. The Bertz CT molecular complexity index is 1460. The Balaban J connectivity index is 1.52. The van der Waals surface area contributed by atoms with Crippen LogP contribution in [0.1, 0.15) is 44.0 Å². The Morgan fingerprint density at radius 2 is 1.89 bits per heavy atom. The molecule has 6 nitrogen and oxygen atoms in total. The third-order valence-corrected chi connectivity index (χ3v) is 6.47. The van der Waals surface area contributed by atoms with Crippen molar-refractivity contribution in [3.63, 3.8) is 0 Å². The first-order valence-corrected chi connectivity index (χ1v) is 12.3. The number of hydrogen-bond donors (Lipinski definition) is 2. The lowest BCUT2D eigenvalue weighted by Gasteiger charge is -2.14. The third-order valence-electron chi connectivity index (χ3n) is 5.72. The Labute approximate surface area is 210 Å². The molecule has 0 fully saturated rings. The summed E-state index contributed by atoms with van der Waals surface area (Å²) in [5.41, 5.74) is 9.07. The summed E-state index contributed by atoms with van der Waals surface area (Å²) in [6.45, 7) is 3.42. The topological polar surface area (TPSA) is 93.8 Å². The third kappa shape index (κ3) is 5.59. The zero-order chi connectivity index (χ0) is 26.0. The molecule has 4 rings (SSSR count). The number of carbonyl (C=O) groups excluding carboxylic acids is 1. The molecule has 3 heterocycles. The van der Waals surface area contributed by atoms with Gasteiger partial charge in [-0.25, -0.2) is 4.98 Å². The molecular formula is C26H24F3N5OS. The number of halogens is 3. The smallest absolute Gasteiger partial charge is 0.383 e. The van der Waals surface area contributed by atoms with Gasteiger partial charge < -0.3 is 11.1 Å². The molecule has 1 amide bonds. The van der Waals surface area contributed by atoms with Crippen molar-refractivity contribution in [2.45, 2.75) is 37.9 Å². The lowest BCUT2D eigenvalue weighted by molar-refractivity contribution is -0.137. The minimum atomic E-state index is -4.63. The quantitative estimate of drug-likeness (QED) is 0.333. The minimum Gasteiger partial charge on any atom is -0.383 e. The summed E-state index contributed by atoms with van der Waals surface area (Å²) in [7, 11) is 0. The van der Waals surface area contributed by atoms with Crippen molar-refractivity contribution in [2.24, 2.45) is 0 Å². The van der Waals surface area contributed by atoms with Gasteiger partial charge in [-0.2, -0.15) is 13.2 Å². The number of aromatic nitrogens is 3. The molecule has 186 valence electrons. The highest BCUT2D eigenvalue weighted by Crippen LogP contribution is 2.34. The number of carbonyl (C=O) groups is 1. The standard InChI is InChI=1S/C26H24F3N5OS/c1-14-6-18-7-16(9-22(36-3)23(18)32-12-14)8-20-10-17(4-5-31-20)25(35)33-13-19-11-21(26(27,28)29)24(30)34-15(19)2/h4-7,9-12H,8,13H2,1-3H3,(H2,30,34)(H,33,35). The van der Waals surface area contributed by atoms with Crippen LogP contribution < -0.4 is 11.1 Å². The number of pyridine rings is 3. The molecule has 0 bridgehead atoms. The van der Waals surface area contributed by atoms with Crippen molar-refractivity contribution in [3.8, 4) is 0 Å². The SMILES string of the molecule is CSc1cc(Cc2cc(C(=O)NCc3cc(C(F)(F)F)c(N)nc3C)ccn2)cc2cc(C)cnc12. The van der Waals surface area contributed by atoms with Gasteiger partial charge in [-0.1, -0.05) is 0 Å². The van der Waals surface area contributed by atoms with Crippen LogP contribution in [0.25, 0.3) is 10.9 Å². The fourth-order valence-corrected chi connectivity index (χ4v) is 4.55. The summed E-state index contributed by atoms with van der Waals surface area (Å²) in [6, 6.07) is 10.4. The van der Waals surface area contributed by atoms with Gasteiger partial charge in [0.25, 0.3) is 5.91 Å². The van der Waals surface area contributed by atoms with Gasteiger partial charge in [-0.3, -0.25) is 14.8 Å². The van der Waals surface area contributed by atoms with Crippen LogP contribution in [-0.2, 0) is 19.1 Å².